The molecule has 0 unspecified atom stereocenters. The average molecular weight is 306 g/mol. The molecule has 0 aliphatic carbocycles. The summed E-state index contributed by atoms with van der Waals surface area (Å²) in [7, 11) is 0. The lowest BCUT2D eigenvalue weighted by Crippen LogP contribution is -2.14. The van der Waals surface area contributed by atoms with Crippen molar-refractivity contribution < 1.29 is 14.1 Å². The Hall–Kier alpha value is -1.70. The number of ether oxygens (including phenoxy) is 1. The summed E-state index contributed by atoms with van der Waals surface area (Å²) in [5, 5.41) is 17.7. The molecular weight excluding hydrogens is 297 g/mol. The summed E-state index contributed by atoms with van der Waals surface area (Å²) in [5.74, 6) is -0.949. The van der Waals surface area contributed by atoms with Gasteiger partial charge in [0.2, 0.25) is 0 Å². The largest absolute Gasteiger partial charge is 0.486 e. The molecule has 3 N–H and O–H groups in total. The highest BCUT2D eigenvalue weighted by molar-refractivity contribution is 9.10. The van der Waals surface area contributed by atoms with Crippen LogP contribution in [0.2, 0.25) is 0 Å². The molecule has 0 radical (unpaired) electrons. The van der Waals surface area contributed by atoms with Crippen molar-refractivity contribution >= 4 is 27.5 Å². The molecule has 8 heteroatoms. The second-order valence-corrected chi connectivity index (χ2v) is 3.97. The summed E-state index contributed by atoms with van der Waals surface area (Å²) in [5.41, 5.74) is 4.75. The number of nitrogens with zero attached hydrogens (tertiary/aromatic N) is 1. The molecule has 0 atom stereocenters. The average Bonchev–Trinajstić information content (AvgIpc) is 2.22. The zero-order chi connectivity index (χ0) is 13.0. The molecule has 0 aromatic heterocycles. The van der Waals surface area contributed by atoms with Gasteiger partial charge in [0.1, 0.15) is 5.82 Å². The van der Waals surface area contributed by atoms with Gasteiger partial charge in [-0.05, 0) is 15.9 Å². The van der Waals surface area contributed by atoms with E-state index >= 15 is 0 Å². The highest BCUT2D eigenvalue weighted by Gasteiger charge is 2.18. The first-order valence-electron chi connectivity index (χ1n) is 4.51. The van der Waals surface area contributed by atoms with Crippen molar-refractivity contribution in [3.05, 3.63) is 32.5 Å². The smallest absolute Gasteiger partial charge is 0.312 e. The maximum absolute atomic E-state index is 13.2. The van der Waals surface area contributed by atoms with Gasteiger partial charge in [0.05, 0.1) is 21.8 Å². The van der Waals surface area contributed by atoms with E-state index < -0.39 is 10.7 Å². The van der Waals surface area contributed by atoms with E-state index in [4.69, 9.17) is 15.9 Å². The van der Waals surface area contributed by atoms with Gasteiger partial charge in [-0.1, -0.05) is 0 Å². The predicted octanol–water partition coefficient (Wildman–Crippen LogP) is 2.20. The molecule has 0 saturated heterocycles. The Kier molecular flexibility index (Phi) is 4.38. The first kappa shape index (κ1) is 13.4. The van der Waals surface area contributed by atoms with Crippen LogP contribution in [-0.4, -0.2) is 17.4 Å². The molecular formula is C9H9BrFN3O3. The highest BCUT2D eigenvalue weighted by atomic mass is 79.9. The minimum atomic E-state index is -0.673. The Morgan fingerprint density at radius 2 is 2.29 bits per heavy atom. The summed E-state index contributed by atoms with van der Waals surface area (Å²) < 4.78 is 18.2. The number of nitrogens with two attached hydrogens (primary N) is 1. The Balaban J connectivity index is 2.92. The van der Waals surface area contributed by atoms with Crippen LogP contribution in [0.4, 0.5) is 10.1 Å². The van der Waals surface area contributed by atoms with Gasteiger partial charge in [-0.3, -0.25) is 15.5 Å². The molecule has 0 aliphatic heterocycles. The van der Waals surface area contributed by atoms with E-state index in [0.717, 1.165) is 12.1 Å². The van der Waals surface area contributed by atoms with Crippen LogP contribution in [0, 0.1) is 21.3 Å². The first-order valence-corrected chi connectivity index (χ1v) is 5.30. The third kappa shape index (κ3) is 3.66. The molecule has 1 aromatic rings. The number of hydrogen-bond acceptors (Lipinski definition) is 4. The van der Waals surface area contributed by atoms with Crippen molar-refractivity contribution in [3.8, 4) is 5.75 Å². The fraction of sp³-hybridized carbons (Fsp3) is 0.222. The van der Waals surface area contributed by atoms with Crippen LogP contribution in [0.25, 0.3) is 0 Å². The molecule has 1 aromatic carbocycles. The number of benzene rings is 1. The minimum absolute atomic E-state index is 0.0110. The van der Waals surface area contributed by atoms with Gasteiger partial charge in [-0.15, -0.1) is 0 Å². The summed E-state index contributed by atoms with van der Waals surface area (Å²) in [6, 6.07) is 1.95. The maximum Gasteiger partial charge on any atom is 0.312 e. The Bertz CT molecular complexity index is 467. The monoisotopic (exact) mass is 305 g/mol. The number of halogens is 2. The zero-order valence-electron chi connectivity index (χ0n) is 8.57. The van der Waals surface area contributed by atoms with E-state index in [1.807, 2.05) is 0 Å². The van der Waals surface area contributed by atoms with Gasteiger partial charge in [0, 0.05) is 18.6 Å². The molecule has 0 saturated carbocycles. The number of rotatable bonds is 5. The summed E-state index contributed by atoms with van der Waals surface area (Å²) in [6.07, 6.45) is 0.120. The molecule has 6 nitrogen and oxygen atoms in total. The Labute approximate surface area is 104 Å². The molecule has 0 aliphatic rings. The fourth-order valence-corrected chi connectivity index (χ4v) is 1.38. The molecule has 0 heterocycles. The molecule has 1 rings (SSSR count). The lowest BCUT2D eigenvalue weighted by Gasteiger charge is -2.07. The van der Waals surface area contributed by atoms with E-state index in [1.165, 1.54) is 0 Å². The van der Waals surface area contributed by atoms with Gasteiger partial charge in [-0.2, -0.15) is 0 Å². The van der Waals surface area contributed by atoms with E-state index in [1.54, 1.807) is 0 Å². The van der Waals surface area contributed by atoms with Crippen molar-refractivity contribution in [1.82, 2.24) is 0 Å². The highest BCUT2D eigenvalue weighted by Crippen LogP contribution is 2.32. The maximum atomic E-state index is 13.2. The third-order valence-corrected chi connectivity index (χ3v) is 2.44. The fourth-order valence-electron chi connectivity index (χ4n) is 1.05. The quantitative estimate of drug-likeness (QED) is 0.377. The number of nitro groups is 1. The standard InChI is InChI=1S/C9H9BrFN3O3/c10-5-3-7(14(15)16)8(4-6(5)11)17-2-1-9(12)13/h3-4H,1-2H2,(H3,12,13). The van der Waals surface area contributed by atoms with Crippen LogP contribution in [0.15, 0.2) is 16.6 Å². The summed E-state index contributed by atoms with van der Waals surface area (Å²) in [4.78, 5) is 10.0. The van der Waals surface area contributed by atoms with Crippen LogP contribution < -0.4 is 10.5 Å². The topological polar surface area (TPSA) is 102 Å². The van der Waals surface area contributed by atoms with Crippen molar-refractivity contribution in [2.75, 3.05) is 6.61 Å². The van der Waals surface area contributed by atoms with Crippen LogP contribution in [0.5, 0.6) is 5.75 Å². The second kappa shape index (κ2) is 5.58. The Morgan fingerprint density at radius 1 is 1.65 bits per heavy atom. The predicted molar refractivity (Wildman–Crippen MR) is 62.8 cm³/mol. The Morgan fingerprint density at radius 3 is 2.82 bits per heavy atom. The molecule has 0 fully saturated rings. The number of nitro benzene ring substituents is 1. The van der Waals surface area contributed by atoms with Gasteiger partial charge < -0.3 is 10.5 Å². The van der Waals surface area contributed by atoms with Crippen LogP contribution in [-0.2, 0) is 0 Å². The van der Waals surface area contributed by atoms with E-state index in [2.05, 4.69) is 15.9 Å². The van der Waals surface area contributed by atoms with Crippen LogP contribution in [0.3, 0.4) is 0 Å². The van der Waals surface area contributed by atoms with E-state index in [-0.39, 0.29) is 34.8 Å². The molecule has 0 amide bonds. The second-order valence-electron chi connectivity index (χ2n) is 3.11. The van der Waals surface area contributed by atoms with Crippen molar-refractivity contribution in [2.45, 2.75) is 6.42 Å². The minimum Gasteiger partial charge on any atom is -0.486 e. The lowest BCUT2D eigenvalue weighted by molar-refractivity contribution is -0.386. The number of nitrogens with one attached hydrogen (secondary N) is 1. The van der Waals surface area contributed by atoms with Gasteiger partial charge in [0.15, 0.2) is 5.75 Å². The zero-order valence-corrected chi connectivity index (χ0v) is 10.2. The van der Waals surface area contributed by atoms with Crippen molar-refractivity contribution in [3.63, 3.8) is 0 Å². The van der Waals surface area contributed by atoms with Crippen LogP contribution in [0.1, 0.15) is 6.42 Å². The van der Waals surface area contributed by atoms with Crippen molar-refractivity contribution in [1.29, 1.82) is 5.41 Å². The number of amidine groups is 1. The lowest BCUT2D eigenvalue weighted by atomic mass is 10.3. The van der Waals surface area contributed by atoms with Crippen LogP contribution >= 0.6 is 15.9 Å². The van der Waals surface area contributed by atoms with Gasteiger partial charge in [0.25, 0.3) is 0 Å². The molecule has 0 spiro atoms. The molecule has 17 heavy (non-hydrogen) atoms. The SMILES string of the molecule is N=C(N)CCOc1cc(F)c(Br)cc1[N+](=O)[O-]. The van der Waals surface area contributed by atoms with E-state index in [0.29, 0.717) is 0 Å². The third-order valence-electron chi connectivity index (χ3n) is 1.83. The normalized spacial score (nSPS) is 10.0. The molecule has 0 bridgehead atoms. The number of hydrogen-bond donors (Lipinski definition) is 2. The van der Waals surface area contributed by atoms with Crippen molar-refractivity contribution in [2.24, 2.45) is 5.73 Å². The van der Waals surface area contributed by atoms with Gasteiger partial charge >= 0.3 is 5.69 Å². The first-order chi connectivity index (χ1) is 7.91. The van der Waals surface area contributed by atoms with E-state index in [9.17, 15) is 14.5 Å². The summed E-state index contributed by atoms with van der Waals surface area (Å²) in [6.45, 7) is -0.0166. The van der Waals surface area contributed by atoms with Gasteiger partial charge in [-0.25, -0.2) is 4.39 Å². The molecule has 92 valence electrons. The summed E-state index contributed by atoms with van der Waals surface area (Å²) >= 11 is 2.85.